The predicted molar refractivity (Wildman–Crippen MR) is 125 cm³/mol. The van der Waals surface area contributed by atoms with E-state index in [2.05, 4.69) is 25.0 Å². The molecule has 168 valence electrons. The molecule has 1 aromatic carbocycles. The quantitative estimate of drug-likeness (QED) is 0.509. The molecule has 2 aliphatic rings. The first kappa shape index (κ1) is 20.0. The fourth-order valence-electron chi connectivity index (χ4n) is 4.89. The van der Waals surface area contributed by atoms with Crippen LogP contribution in [0.15, 0.2) is 53.2 Å². The molecule has 1 saturated heterocycles. The van der Waals surface area contributed by atoms with Crippen LogP contribution < -0.4 is 4.90 Å². The topological polar surface area (TPSA) is 91.2 Å². The number of nitrogens with one attached hydrogen (secondary N) is 1. The van der Waals surface area contributed by atoms with Gasteiger partial charge in [-0.2, -0.15) is 4.98 Å². The normalized spacial score (nSPS) is 17.2. The number of anilines is 1. The zero-order valence-corrected chi connectivity index (χ0v) is 18.4. The van der Waals surface area contributed by atoms with Crippen molar-refractivity contribution in [2.45, 2.75) is 31.6 Å². The van der Waals surface area contributed by atoms with E-state index in [9.17, 15) is 4.79 Å². The zero-order valence-electron chi connectivity index (χ0n) is 18.4. The molecular weight excluding hydrogens is 416 g/mol. The molecule has 8 heteroatoms. The highest BCUT2D eigenvalue weighted by Gasteiger charge is 2.25. The van der Waals surface area contributed by atoms with E-state index in [4.69, 9.17) is 4.52 Å². The summed E-state index contributed by atoms with van der Waals surface area (Å²) >= 11 is 0. The van der Waals surface area contributed by atoms with Crippen molar-refractivity contribution in [3.05, 3.63) is 60.2 Å². The summed E-state index contributed by atoms with van der Waals surface area (Å²) in [6.45, 7) is 2.80. The average molecular weight is 443 g/mol. The number of aromatic amines is 1. The third-order valence-electron chi connectivity index (χ3n) is 6.80. The Labute approximate surface area is 191 Å². The molecule has 0 bridgehead atoms. The summed E-state index contributed by atoms with van der Waals surface area (Å²) in [5.41, 5.74) is 2.49. The number of hydrogen-bond acceptors (Lipinski definition) is 6. The Morgan fingerprint density at radius 3 is 2.61 bits per heavy atom. The summed E-state index contributed by atoms with van der Waals surface area (Å²) in [6.07, 6.45) is 6.54. The summed E-state index contributed by atoms with van der Waals surface area (Å²) < 4.78 is 5.50. The smallest absolute Gasteiger partial charge is 0.270 e. The highest BCUT2D eigenvalue weighted by Crippen LogP contribution is 2.34. The number of rotatable bonds is 4. The second-order valence-electron chi connectivity index (χ2n) is 8.89. The van der Waals surface area contributed by atoms with E-state index in [0.717, 1.165) is 54.1 Å². The maximum absolute atomic E-state index is 12.9. The number of carbonyl (C=O) groups excluding carboxylic acids is 1. The standard InChI is InChI=1S/C25H26N6O2/c32-25(21-15-18-7-3-4-8-20(18)27-21)31-13-11-30(12-14-31)22-10-9-19(16-26-22)23-28-24(33-29-23)17-5-1-2-6-17/h3-4,7-10,15-17,27H,1-2,5-6,11-14H2. The van der Waals surface area contributed by atoms with Crippen molar-refractivity contribution in [1.82, 2.24) is 25.0 Å². The Morgan fingerprint density at radius 2 is 1.85 bits per heavy atom. The number of nitrogens with zero attached hydrogens (tertiary/aromatic N) is 5. The van der Waals surface area contributed by atoms with Gasteiger partial charge in [-0.05, 0) is 37.1 Å². The first-order valence-corrected chi connectivity index (χ1v) is 11.7. The highest BCUT2D eigenvalue weighted by atomic mass is 16.5. The molecule has 0 atom stereocenters. The second-order valence-corrected chi connectivity index (χ2v) is 8.89. The number of fused-ring (bicyclic) bond motifs is 1. The minimum absolute atomic E-state index is 0.0457. The van der Waals surface area contributed by atoms with E-state index < -0.39 is 0 Å². The van der Waals surface area contributed by atoms with Crippen molar-refractivity contribution in [2.24, 2.45) is 0 Å². The average Bonchev–Trinajstić information content (AvgIpc) is 3.64. The fraction of sp³-hybridized carbons (Fsp3) is 0.360. The van der Waals surface area contributed by atoms with E-state index in [-0.39, 0.29) is 5.91 Å². The van der Waals surface area contributed by atoms with Crippen LogP contribution in [0.1, 0.15) is 48.0 Å². The van der Waals surface area contributed by atoms with Crippen molar-refractivity contribution < 1.29 is 9.32 Å². The van der Waals surface area contributed by atoms with Crippen LogP contribution in [-0.2, 0) is 0 Å². The molecule has 1 aliphatic carbocycles. The molecule has 6 rings (SSSR count). The largest absolute Gasteiger partial charge is 0.353 e. The molecular formula is C25H26N6O2. The number of benzene rings is 1. The first-order valence-electron chi connectivity index (χ1n) is 11.7. The van der Waals surface area contributed by atoms with Gasteiger partial charge >= 0.3 is 0 Å². The summed E-state index contributed by atoms with van der Waals surface area (Å²) in [4.78, 5) is 29.5. The van der Waals surface area contributed by atoms with Crippen LogP contribution in [0, 0.1) is 0 Å². The Hall–Kier alpha value is -3.68. The number of carbonyl (C=O) groups is 1. The third kappa shape index (κ3) is 3.86. The predicted octanol–water partition coefficient (Wildman–Crippen LogP) is 4.23. The molecule has 0 radical (unpaired) electrons. The number of piperazine rings is 1. The molecule has 1 saturated carbocycles. The van der Waals surface area contributed by atoms with Crippen molar-refractivity contribution in [3.63, 3.8) is 0 Å². The van der Waals surface area contributed by atoms with E-state index in [1.165, 1.54) is 12.8 Å². The lowest BCUT2D eigenvalue weighted by Crippen LogP contribution is -2.49. The molecule has 0 unspecified atom stereocenters. The van der Waals surface area contributed by atoms with Crippen LogP contribution >= 0.6 is 0 Å². The second kappa shape index (κ2) is 8.35. The summed E-state index contributed by atoms with van der Waals surface area (Å²) in [6, 6.07) is 13.9. The van der Waals surface area contributed by atoms with Gasteiger partial charge in [-0.1, -0.05) is 36.2 Å². The van der Waals surface area contributed by atoms with Crippen LogP contribution in [0.4, 0.5) is 5.82 Å². The maximum atomic E-state index is 12.9. The number of aromatic nitrogens is 4. The lowest BCUT2D eigenvalue weighted by molar-refractivity contribution is 0.0741. The molecule has 4 heterocycles. The molecule has 1 amide bonds. The molecule has 33 heavy (non-hydrogen) atoms. The lowest BCUT2D eigenvalue weighted by Gasteiger charge is -2.35. The van der Waals surface area contributed by atoms with E-state index in [1.807, 2.05) is 47.4 Å². The van der Waals surface area contributed by atoms with Gasteiger partial charge in [0.15, 0.2) is 0 Å². The number of hydrogen-bond donors (Lipinski definition) is 1. The SMILES string of the molecule is O=C(c1cc2ccccc2[nH]1)N1CCN(c2ccc(-c3noc(C4CCCC4)n3)cn2)CC1. The van der Waals surface area contributed by atoms with Gasteiger partial charge in [0.25, 0.3) is 5.91 Å². The Kier molecular flexibility index (Phi) is 5.05. The molecule has 0 spiro atoms. The van der Waals surface area contributed by atoms with Gasteiger partial charge in [-0.15, -0.1) is 0 Å². The minimum Gasteiger partial charge on any atom is -0.353 e. The summed E-state index contributed by atoms with van der Waals surface area (Å²) in [5, 5.41) is 5.22. The van der Waals surface area contributed by atoms with Crippen molar-refractivity contribution >= 4 is 22.6 Å². The van der Waals surface area contributed by atoms with Gasteiger partial charge in [0.2, 0.25) is 11.7 Å². The Balaban J connectivity index is 1.09. The van der Waals surface area contributed by atoms with Crippen molar-refractivity contribution in [3.8, 4) is 11.4 Å². The van der Waals surface area contributed by atoms with E-state index >= 15 is 0 Å². The van der Waals surface area contributed by atoms with Gasteiger partial charge in [0.05, 0.1) is 0 Å². The molecule has 4 aromatic rings. The van der Waals surface area contributed by atoms with Gasteiger partial charge in [-0.3, -0.25) is 4.79 Å². The summed E-state index contributed by atoms with van der Waals surface area (Å²) in [7, 11) is 0. The molecule has 1 aliphatic heterocycles. The highest BCUT2D eigenvalue weighted by molar-refractivity contribution is 5.98. The Morgan fingerprint density at radius 1 is 1.03 bits per heavy atom. The Bertz CT molecular complexity index is 1230. The molecule has 2 fully saturated rings. The van der Waals surface area contributed by atoms with Gasteiger partial charge in [-0.25, -0.2) is 4.98 Å². The lowest BCUT2D eigenvalue weighted by atomic mass is 10.1. The van der Waals surface area contributed by atoms with Crippen LogP contribution in [0.5, 0.6) is 0 Å². The summed E-state index contributed by atoms with van der Waals surface area (Å²) in [5.74, 6) is 2.70. The number of para-hydroxylation sites is 1. The number of pyridine rings is 1. The van der Waals surface area contributed by atoms with Gasteiger partial charge in [0.1, 0.15) is 11.5 Å². The van der Waals surface area contributed by atoms with Crippen molar-refractivity contribution in [1.29, 1.82) is 0 Å². The monoisotopic (exact) mass is 442 g/mol. The van der Waals surface area contributed by atoms with Gasteiger partial charge < -0.3 is 19.3 Å². The number of H-pyrrole nitrogens is 1. The number of amides is 1. The first-order chi connectivity index (χ1) is 16.2. The van der Waals surface area contributed by atoms with E-state index in [1.54, 1.807) is 6.20 Å². The zero-order chi connectivity index (χ0) is 22.2. The van der Waals surface area contributed by atoms with Crippen LogP contribution in [0.25, 0.3) is 22.3 Å². The molecule has 3 aromatic heterocycles. The van der Waals surface area contributed by atoms with E-state index in [0.29, 0.717) is 30.5 Å². The van der Waals surface area contributed by atoms with Gasteiger partial charge in [0, 0.05) is 54.8 Å². The fourth-order valence-corrected chi connectivity index (χ4v) is 4.89. The molecule has 8 nitrogen and oxygen atoms in total. The minimum atomic E-state index is 0.0457. The molecule has 1 N–H and O–H groups in total. The van der Waals surface area contributed by atoms with Crippen LogP contribution in [0.2, 0.25) is 0 Å². The maximum Gasteiger partial charge on any atom is 0.270 e. The van der Waals surface area contributed by atoms with Crippen LogP contribution in [-0.4, -0.2) is 57.1 Å². The van der Waals surface area contributed by atoms with Crippen molar-refractivity contribution in [2.75, 3.05) is 31.1 Å². The third-order valence-corrected chi connectivity index (χ3v) is 6.80. The van der Waals surface area contributed by atoms with Crippen LogP contribution in [0.3, 0.4) is 0 Å².